The third kappa shape index (κ3) is 5.04. The first-order valence-corrected chi connectivity index (χ1v) is 11.3. The van der Waals surface area contributed by atoms with Crippen LogP contribution in [0.25, 0.3) is 0 Å². The van der Waals surface area contributed by atoms with Crippen LogP contribution in [0.3, 0.4) is 0 Å². The molecule has 0 spiro atoms. The summed E-state index contributed by atoms with van der Waals surface area (Å²) in [6.07, 6.45) is 6.49. The number of ether oxygens (including phenoxy) is 2. The number of hydrogen-bond donors (Lipinski definition) is 1. The molecule has 8 nitrogen and oxygen atoms in total. The molecule has 2 aliphatic carbocycles. The molecule has 34 heavy (non-hydrogen) atoms. The Morgan fingerprint density at radius 1 is 1.24 bits per heavy atom. The van der Waals surface area contributed by atoms with Gasteiger partial charge in [-0.05, 0) is 50.1 Å². The molecule has 0 aliphatic heterocycles. The Hall–Kier alpha value is -3.46. The van der Waals surface area contributed by atoms with E-state index in [-0.39, 0.29) is 29.9 Å². The minimum absolute atomic E-state index is 0.00834. The lowest BCUT2D eigenvalue weighted by Gasteiger charge is -2.33. The van der Waals surface area contributed by atoms with E-state index in [4.69, 9.17) is 25.5 Å². The van der Waals surface area contributed by atoms with Crippen LogP contribution in [0, 0.1) is 5.82 Å². The summed E-state index contributed by atoms with van der Waals surface area (Å²) in [6.45, 7) is 1.82. The van der Waals surface area contributed by atoms with E-state index < -0.39 is 11.2 Å². The van der Waals surface area contributed by atoms with Crippen molar-refractivity contribution in [3.8, 4) is 11.5 Å². The molecule has 0 radical (unpaired) electrons. The van der Waals surface area contributed by atoms with Crippen molar-refractivity contribution in [2.24, 2.45) is 0 Å². The predicted molar refractivity (Wildman–Crippen MR) is 120 cm³/mol. The molecule has 1 atom stereocenters. The number of aromatic nitrogens is 3. The fourth-order valence-corrected chi connectivity index (χ4v) is 3.80. The number of allylic oxidation sites excluding steroid dienone is 2. The molecule has 176 valence electrons. The fourth-order valence-electron chi connectivity index (χ4n) is 3.68. The first kappa shape index (κ1) is 22.3. The maximum atomic E-state index is 13.5. The standard InChI is InChI=1S/C24H22ClFN4O4/c1-24(9-15(10-24)28-21(31)12-32-16-4-6-18(25)19(26)8-16)23-30-29-22(34-23)13-33-17-5-7-20(27-11-17)14-2-3-14/h4-9,11,14H,2-3,10,12-13H2,1H3,(H,28,31). The molecular formula is C24H22ClFN4O4. The van der Waals surface area contributed by atoms with Crippen molar-refractivity contribution in [2.75, 3.05) is 6.61 Å². The van der Waals surface area contributed by atoms with Gasteiger partial charge in [0.1, 0.15) is 17.3 Å². The summed E-state index contributed by atoms with van der Waals surface area (Å²) in [5.41, 5.74) is 1.34. The number of rotatable bonds is 9. The SMILES string of the molecule is CC1(c2nnc(COc3ccc(C4CC4)nc3)o2)C=C(NC(=O)COc2ccc(Cl)c(F)c2)C1. The average Bonchev–Trinajstić information content (AvgIpc) is 3.55. The molecule has 1 aromatic carbocycles. The van der Waals surface area contributed by atoms with Gasteiger partial charge in [0.25, 0.3) is 11.8 Å². The third-order valence-electron chi connectivity index (χ3n) is 5.68. The summed E-state index contributed by atoms with van der Waals surface area (Å²) in [6, 6.07) is 7.88. The molecule has 5 rings (SSSR count). The Morgan fingerprint density at radius 3 is 2.74 bits per heavy atom. The Kier molecular flexibility index (Phi) is 5.95. The Bertz CT molecular complexity index is 1240. The van der Waals surface area contributed by atoms with Crippen LogP contribution in [0.2, 0.25) is 5.02 Å². The molecule has 1 saturated carbocycles. The van der Waals surface area contributed by atoms with Crippen LogP contribution in [0.15, 0.2) is 52.7 Å². The highest BCUT2D eigenvalue weighted by Crippen LogP contribution is 2.40. The van der Waals surface area contributed by atoms with Gasteiger partial charge in [-0.15, -0.1) is 10.2 Å². The first-order valence-electron chi connectivity index (χ1n) is 10.9. The number of carbonyl (C=O) groups is 1. The van der Waals surface area contributed by atoms with E-state index in [1.807, 2.05) is 25.1 Å². The second kappa shape index (κ2) is 9.06. The van der Waals surface area contributed by atoms with E-state index in [1.54, 1.807) is 6.20 Å². The van der Waals surface area contributed by atoms with Crippen LogP contribution in [0.5, 0.6) is 11.5 Å². The Morgan fingerprint density at radius 2 is 2.03 bits per heavy atom. The van der Waals surface area contributed by atoms with Crippen molar-refractivity contribution in [3.63, 3.8) is 0 Å². The number of halogens is 2. The largest absolute Gasteiger partial charge is 0.484 e. The van der Waals surface area contributed by atoms with Crippen LogP contribution >= 0.6 is 11.6 Å². The number of pyridine rings is 1. The Balaban J connectivity index is 1.10. The van der Waals surface area contributed by atoms with Crippen molar-refractivity contribution in [1.82, 2.24) is 20.5 Å². The van der Waals surface area contributed by atoms with Gasteiger partial charge in [-0.1, -0.05) is 11.6 Å². The summed E-state index contributed by atoms with van der Waals surface area (Å²) in [5, 5.41) is 10.9. The molecule has 0 saturated heterocycles. The minimum Gasteiger partial charge on any atom is -0.484 e. The topological polar surface area (TPSA) is 99.4 Å². The zero-order valence-electron chi connectivity index (χ0n) is 18.4. The number of amides is 1. The maximum Gasteiger partial charge on any atom is 0.262 e. The van der Waals surface area contributed by atoms with Crippen LogP contribution in [-0.4, -0.2) is 27.7 Å². The van der Waals surface area contributed by atoms with Crippen LogP contribution in [0.1, 0.15) is 49.6 Å². The fraction of sp³-hybridized carbons (Fsp3) is 0.333. The summed E-state index contributed by atoms with van der Waals surface area (Å²) < 4.78 is 30.2. The lowest BCUT2D eigenvalue weighted by atomic mass is 9.75. The van der Waals surface area contributed by atoms with Gasteiger partial charge in [0.15, 0.2) is 13.2 Å². The highest BCUT2D eigenvalue weighted by molar-refractivity contribution is 6.30. The van der Waals surface area contributed by atoms with E-state index >= 15 is 0 Å². The molecule has 1 amide bonds. The van der Waals surface area contributed by atoms with E-state index in [9.17, 15) is 9.18 Å². The maximum absolute atomic E-state index is 13.5. The molecule has 1 N–H and O–H groups in total. The zero-order valence-corrected chi connectivity index (χ0v) is 19.1. The van der Waals surface area contributed by atoms with Crippen molar-refractivity contribution in [1.29, 1.82) is 0 Å². The second-order valence-electron chi connectivity index (χ2n) is 8.66. The highest BCUT2D eigenvalue weighted by Gasteiger charge is 2.39. The normalized spacial score (nSPS) is 19.2. The third-order valence-corrected chi connectivity index (χ3v) is 5.99. The van der Waals surface area contributed by atoms with Crippen molar-refractivity contribution in [3.05, 3.63) is 76.6 Å². The molecule has 0 bridgehead atoms. The number of nitrogens with one attached hydrogen (secondary N) is 1. The van der Waals surface area contributed by atoms with Gasteiger partial charge in [0, 0.05) is 29.8 Å². The molecule has 2 aromatic heterocycles. The second-order valence-corrected chi connectivity index (χ2v) is 9.07. The monoisotopic (exact) mass is 484 g/mol. The number of carbonyl (C=O) groups excluding carboxylic acids is 1. The Labute approximate surface area is 200 Å². The molecule has 2 heterocycles. The van der Waals surface area contributed by atoms with Crippen molar-refractivity contribution >= 4 is 17.5 Å². The van der Waals surface area contributed by atoms with Gasteiger partial charge >= 0.3 is 0 Å². The summed E-state index contributed by atoms with van der Waals surface area (Å²) >= 11 is 5.64. The minimum atomic E-state index is -0.607. The van der Waals surface area contributed by atoms with Crippen LogP contribution < -0.4 is 14.8 Å². The quantitative estimate of drug-likeness (QED) is 0.478. The van der Waals surface area contributed by atoms with E-state index in [0.29, 0.717) is 29.9 Å². The molecule has 3 aromatic rings. The van der Waals surface area contributed by atoms with Gasteiger partial charge in [-0.2, -0.15) is 0 Å². The van der Waals surface area contributed by atoms with E-state index in [1.165, 1.54) is 25.0 Å². The number of benzene rings is 1. The molecule has 10 heteroatoms. The van der Waals surface area contributed by atoms with Gasteiger partial charge in [-0.3, -0.25) is 9.78 Å². The lowest BCUT2D eigenvalue weighted by Crippen LogP contribution is -2.39. The van der Waals surface area contributed by atoms with Crippen LogP contribution in [0.4, 0.5) is 4.39 Å². The first-order chi connectivity index (χ1) is 16.4. The van der Waals surface area contributed by atoms with E-state index in [2.05, 4.69) is 20.5 Å². The number of hydrogen-bond acceptors (Lipinski definition) is 7. The lowest BCUT2D eigenvalue weighted by molar-refractivity contribution is -0.122. The van der Waals surface area contributed by atoms with Gasteiger partial charge in [-0.25, -0.2) is 4.39 Å². The predicted octanol–water partition coefficient (Wildman–Crippen LogP) is 4.45. The highest BCUT2D eigenvalue weighted by atomic mass is 35.5. The summed E-state index contributed by atoms with van der Waals surface area (Å²) in [4.78, 5) is 16.6. The van der Waals surface area contributed by atoms with Gasteiger partial charge in [0.05, 0.1) is 16.6 Å². The molecule has 1 unspecified atom stereocenters. The summed E-state index contributed by atoms with van der Waals surface area (Å²) in [5.74, 6) is 1.30. The van der Waals surface area contributed by atoms with Crippen molar-refractivity contribution < 1.29 is 23.1 Å². The van der Waals surface area contributed by atoms with Gasteiger partial charge < -0.3 is 19.2 Å². The average molecular weight is 485 g/mol. The molecule has 1 fully saturated rings. The molecule has 2 aliphatic rings. The zero-order chi connectivity index (χ0) is 23.7. The van der Waals surface area contributed by atoms with Crippen LogP contribution in [-0.2, 0) is 16.8 Å². The van der Waals surface area contributed by atoms with Crippen molar-refractivity contribution in [2.45, 2.75) is 44.1 Å². The smallest absolute Gasteiger partial charge is 0.262 e. The summed E-state index contributed by atoms with van der Waals surface area (Å²) in [7, 11) is 0. The number of nitrogens with zero attached hydrogens (tertiary/aromatic N) is 3. The van der Waals surface area contributed by atoms with E-state index in [0.717, 1.165) is 17.5 Å². The molecular weight excluding hydrogens is 463 g/mol. The van der Waals surface area contributed by atoms with Gasteiger partial charge in [0.2, 0.25) is 5.89 Å².